The molecule has 84 valence electrons. The zero-order valence-electron chi connectivity index (χ0n) is 9.70. The molecule has 15 heavy (non-hydrogen) atoms. The largest absolute Gasteiger partial charge is 0.376 e. The summed E-state index contributed by atoms with van der Waals surface area (Å²) in [6.07, 6.45) is 1.05. The second kappa shape index (κ2) is 5.89. The number of hydrogen-bond donors (Lipinski definition) is 1. The van der Waals surface area contributed by atoms with Crippen LogP contribution < -0.4 is 5.73 Å². The lowest BCUT2D eigenvalue weighted by atomic mass is 9.89. The van der Waals surface area contributed by atoms with Crippen molar-refractivity contribution in [3.63, 3.8) is 0 Å². The van der Waals surface area contributed by atoms with Crippen LogP contribution in [0.3, 0.4) is 0 Å². The summed E-state index contributed by atoms with van der Waals surface area (Å²) in [6.45, 7) is 6.40. The van der Waals surface area contributed by atoms with Gasteiger partial charge in [-0.2, -0.15) is 0 Å². The lowest BCUT2D eigenvalue weighted by Crippen LogP contribution is -2.31. The molecule has 0 bridgehead atoms. The van der Waals surface area contributed by atoms with Gasteiger partial charge < -0.3 is 10.5 Å². The van der Waals surface area contributed by atoms with Crippen molar-refractivity contribution in [3.05, 3.63) is 35.9 Å². The Morgan fingerprint density at radius 3 is 2.47 bits per heavy atom. The average Bonchev–Trinajstić information content (AvgIpc) is 2.30. The summed E-state index contributed by atoms with van der Waals surface area (Å²) >= 11 is 0. The van der Waals surface area contributed by atoms with Gasteiger partial charge in [-0.05, 0) is 18.5 Å². The molecule has 0 amide bonds. The smallest absolute Gasteiger partial charge is 0.0717 e. The van der Waals surface area contributed by atoms with Gasteiger partial charge in [0.25, 0.3) is 0 Å². The maximum Gasteiger partial charge on any atom is 0.0717 e. The van der Waals surface area contributed by atoms with Crippen molar-refractivity contribution in [2.24, 2.45) is 11.1 Å². The molecule has 0 aromatic heterocycles. The van der Waals surface area contributed by atoms with E-state index in [2.05, 4.69) is 26.0 Å². The molecule has 1 aromatic rings. The van der Waals surface area contributed by atoms with E-state index in [9.17, 15) is 0 Å². The van der Waals surface area contributed by atoms with Crippen LogP contribution in [0.4, 0.5) is 0 Å². The van der Waals surface area contributed by atoms with Crippen LogP contribution in [0.1, 0.15) is 25.8 Å². The van der Waals surface area contributed by atoms with Crippen LogP contribution in [0.25, 0.3) is 0 Å². The second-order valence-electron chi connectivity index (χ2n) is 4.35. The third-order valence-corrected chi connectivity index (χ3v) is 2.91. The van der Waals surface area contributed by atoms with E-state index in [1.165, 1.54) is 5.56 Å². The normalized spacial score (nSPS) is 14.9. The molecule has 2 heteroatoms. The number of ether oxygens (including phenoxy) is 1. The molecule has 1 atom stereocenters. The summed E-state index contributed by atoms with van der Waals surface area (Å²) in [5.41, 5.74) is 7.05. The number of hydrogen-bond acceptors (Lipinski definition) is 2. The van der Waals surface area contributed by atoms with Crippen LogP contribution in [0.5, 0.6) is 0 Å². The van der Waals surface area contributed by atoms with Crippen molar-refractivity contribution < 1.29 is 4.74 Å². The second-order valence-corrected chi connectivity index (χ2v) is 4.35. The van der Waals surface area contributed by atoms with Crippen LogP contribution >= 0.6 is 0 Å². The fraction of sp³-hybridized carbons (Fsp3) is 0.538. The molecule has 1 unspecified atom stereocenters. The van der Waals surface area contributed by atoms with E-state index in [0.29, 0.717) is 13.2 Å². The molecule has 1 aromatic carbocycles. The maximum absolute atomic E-state index is 5.72. The SMILES string of the molecule is CCC(C)(CN)COCc1ccccc1. The first-order chi connectivity index (χ1) is 7.20. The summed E-state index contributed by atoms with van der Waals surface area (Å²) in [5, 5.41) is 0. The molecular formula is C13H21NO. The maximum atomic E-state index is 5.72. The molecular weight excluding hydrogens is 186 g/mol. The van der Waals surface area contributed by atoms with E-state index in [0.717, 1.165) is 13.0 Å². The van der Waals surface area contributed by atoms with Crippen LogP contribution in [0, 0.1) is 5.41 Å². The minimum Gasteiger partial charge on any atom is -0.376 e. The molecule has 0 saturated heterocycles. The zero-order valence-corrected chi connectivity index (χ0v) is 9.70. The highest BCUT2D eigenvalue weighted by Crippen LogP contribution is 2.19. The first-order valence-corrected chi connectivity index (χ1v) is 5.52. The van der Waals surface area contributed by atoms with Crippen molar-refractivity contribution in [2.75, 3.05) is 13.2 Å². The standard InChI is InChI=1S/C13H21NO/c1-3-13(2,10-14)11-15-9-12-7-5-4-6-8-12/h4-8H,3,9-11,14H2,1-2H3. The highest BCUT2D eigenvalue weighted by Gasteiger charge is 2.19. The Labute approximate surface area is 92.4 Å². The molecule has 2 nitrogen and oxygen atoms in total. The Bertz CT molecular complexity index is 267. The fourth-order valence-corrected chi connectivity index (χ4v) is 1.29. The molecule has 0 saturated carbocycles. The molecule has 0 fully saturated rings. The molecule has 0 spiro atoms. The molecule has 0 aliphatic rings. The fourth-order valence-electron chi connectivity index (χ4n) is 1.29. The third-order valence-electron chi connectivity index (χ3n) is 2.91. The quantitative estimate of drug-likeness (QED) is 0.778. The van der Waals surface area contributed by atoms with Gasteiger partial charge in [-0.25, -0.2) is 0 Å². The summed E-state index contributed by atoms with van der Waals surface area (Å²) in [7, 11) is 0. The minimum absolute atomic E-state index is 0.120. The predicted octanol–water partition coefficient (Wildman–Crippen LogP) is 2.58. The predicted molar refractivity (Wildman–Crippen MR) is 63.6 cm³/mol. The van der Waals surface area contributed by atoms with Gasteiger partial charge in [0.1, 0.15) is 0 Å². The Hall–Kier alpha value is -0.860. The van der Waals surface area contributed by atoms with Gasteiger partial charge in [-0.1, -0.05) is 44.2 Å². The van der Waals surface area contributed by atoms with Crippen molar-refractivity contribution in [3.8, 4) is 0 Å². The van der Waals surface area contributed by atoms with E-state index in [1.54, 1.807) is 0 Å². The highest BCUT2D eigenvalue weighted by molar-refractivity contribution is 5.13. The zero-order chi connectivity index (χ0) is 11.1. The highest BCUT2D eigenvalue weighted by atomic mass is 16.5. The van der Waals surface area contributed by atoms with Gasteiger partial charge in [0, 0.05) is 5.41 Å². The summed E-state index contributed by atoms with van der Waals surface area (Å²) in [6, 6.07) is 10.2. The molecule has 0 heterocycles. The van der Waals surface area contributed by atoms with E-state index < -0.39 is 0 Å². The number of rotatable bonds is 6. The minimum atomic E-state index is 0.120. The van der Waals surface area contributed by atoms with Crippen molar-refractivity contribution in [2.45, 2.75) is 26.9 Å². The van der Waals surface area contributed by atoms with Gasteiger partial charge in [-0.15, -0.1) is 0 Å². The Kier molecular flexibility index (Phi) is 4.79. The Balaban J connectivity index is 2.33. The molecule has 0 aliphatic heterocycles. The topological polar surface area (TPSA) is 35.2 Å². The first kappa shape index (κ1) is 12.2. The first-order valence-electron chi connectivity index (χ1n) is 5.52. The van der Waals surface area contributed by atoms with E-state index in [-0.39, 0.29) is 5.41 Å². The number of benzene rings is 1. The molecule has 0 aliphatic carbocycles. The summed E-state index contributed by atoms with van der Waals surface area (Å²) < 4.78 is 5.69. The van der Waals surface area contributed by atoms with Gasteiger partial charge in [0.2, 0.25) is 0 Å². The van der Waals surface area contributed by atoms with E-state index >= 15 is 0 Å². The monoisotopic (exact) mass is 207 g/mol. The Morgan fingerprint density at radius 2 is 1.93 bits per heavy atom. The van der Waals surface area contributed by atoms with Crippen LogP contribution in [-0.4, -0.2) is 13.2 Å². The van der Waals surface area contributed by atoms with Gasteiger partial charge in [0.15, 0.2) is 0 Å². The lowest BCUT2D eigenvalue weighted by Gasteiger charge is -2.25. The number of nitrogens with two attached hydrogens (primary N) is 1. The molecule has 0 radical (unpaired) electrons. The van der Waals surface area contributed by atoms with Crippen molar-refractivity contribution in [1.29, 1.82) is 0 Å². The van der Waals surface area contributed by atoms with Crippen LogP contribution in [-0.2, 0) is 11.3 Å². The lowest BCUT2D eigenvalue weighted by molar-refractivity contribution is 0.0445. The van der Waals surface area contributed by atoms with Crippen LogP contribution in [0.2, 0.25) is 0 Å². The van der Waals surface area contributed by atoms with Crippen LogP contribution in [0.15, 0.2) is 30.3 Å². The van der Waals surface area contributed by atoms with Gasteiger partial charge >= 0.3 is 0 Å². The van der Waals surface area contributed by atoms with Crippen molar-refractivity contribution >= 4 is 0 Å². The van der Waals surface area contributed by atoms with Gasteiger partial charge in [0.05, 0.1) is 13.2 Å². The van der Waals surface area contributed by atoms with Crippen molar-refractivity contribution in [1.82, 2.24) is 0 Å². The van der Waals surface area contributed by atoms with Gasteiger partial charge in [-0.3, -0.25) is 0 Å². The Morgan fingerprint density at radius 1 is 1.27 bits per heavy atom. The van der Waals surface area contributed by atoms with E-state index in [4.69, 9.17) is 10.5 Å². The molecule has 1 rings (SSSR count). The average molecular weight is 207 g/mol. The summed E-state index contributed by atoms with van der Waals surface area (Å²) in [4.78, 5) is 0. The molecule has 2 N–H and O–H groups in total. The summed E-state index contributed by atoms with van der Waals surface area (Å²) in [5.74, 6) is 0. The van der Waals surface area contributed by atoms with E-state index in [1.807, 2.05) is 18.2 Å². The third kappa shape index (κ3) is 4.02.